The van der Waals surface area contributed by atoms with Crippen molar-refractivity contribution in [1.29, 1.82) is 0 Å². The molecule has 1 aromatic carbocycles. The van der Waals surface area contributed by atoms with E-state index in [-0.39, 0.29) is 5.97 Å². The zero-order valence-corrected chi connectivity index (χ0v) is 11.8. The second-order valence-electron chi connectivity index (χ2n) is 5.26. The van der Waals surface area contributed by atoms with Crippen molar-refractivity contribution in [3.05, 3.63) is 29.8 Å². The van der Waals surface area contributed by atoms with Gasteiger partial charge in [-0.05, 0) is 43.0 Å². The minimum atomic E-state index is -4.30. The monoisotopic (exact) mass is 301 g/mol. The lowest BCUT2D eigenvalue weighted by Gasteiger charge is -2.33. The Labute approximate surface area is 121 Å². The van der Waals surface area contributed by atoms with Gasteiger partial charge in [-0.15, -0.1) is 0 Å². The van der Waals surface area contributed by atoms with E-state index < -0.39 is 11.7 Å². The average molecular weight is 301 g/mol. The maximum atomic E-state index is 12.5. The number of ether oxygens (including phenoxy) is 1. The molecule has 1 aliphatic rings. The van der Waals surface area contributed by atoms with E-state index in [4.69, 9.17) is 0 Å². The predicted molar refractivity (Wildman–Crippen MR) is 73.0 cm³/mol. The Hall–Kier alpha value is -1.72. The van der Waals surface area contributed by atoms with Gasteiger partial charge in [-0.25, -0.2) is 0 Å². The van der Waals surface area contributed by atoms with Crippen LogP contribution in [0.25, 0.3) is 0 Å². The molecule has 0 atom stereocenters. The summed E-state index contributed by atoms with van der Waals surface area (Å²) in [6.07, 6.45) is -2.20. The highest BCUT2D eigenvalue weighted by atomic mass is 19.4. The zero-order valence-electron chi connectivity index (χ0n) is 11.8. The fourth-order valence-electron chi connectivity index (χ4n) is 2.58. The third kappa shape index (κ3) is 4.12. The topological polar surface area (TPSA) is 29.5 Å². The largest absolute Gasteiger partial charge is 0.469 e. The van der Waals surface area contributed by atoms with Crippen molar-refractivity contribution in [2.75, 3.05) is 25.1 Å². The van der Waals surface area contributed by atoms with Crippen molar-refractivity contribution < 1.29 is 22.7 Å². The summed E-state index contributed by atoms with van der Waals surface area (Å²) in [5, 5.41) is 0. The molecule has 0 N–H and O–H groups in total. The molecule has 0 amide bonds. The van der Waals surface area contributed by atoms with Gasteiger partial charge >= 0.3 is 12.1 Å². The van der Waals surface area contributed by atoms with Crippen molar-refractivity contribution in [1.82, 2.24) is 0 Å². The van der Waals surface area contributed by atoms with Gasteiger partial charge in [0.1, 0.15) is 0 Å². The first-order valence-corrected chi connectivity index (χ1v) is 6.89. The Morgan fingerprint density at radius 2 is 1.81 bits per heavy atom. The summed E-state index contributed by atoms with van der Waals surface area (Å²) in [5.41, 5.74) is 0.159. The molecule has 0 saturated carbocycles. The lowest BCUT2D eigenvalue weighted by molar-refractivity contribution is -0.142. The highest BCUT2D eigenvalue weighted by molar-refractivity contribution is 5.69. The van der Waals surface area contributed by atoms with Crippen LogP contribution in [0, 0.1) is 5.92 Å². The van der Waals surface area contributed by atoms with Crippen LogP contribution in [0.1, 0.15) is 24.8 Å². The van der Waals surface area contributed by atoms with Gasteiger partial charge in [0.25, 0.3) is 0 Å². The van der Waals surface area contributed by atoms with Gasteiger partial charge in [0.2, 0.25) is 0 Å². The molecule has 0 radical (unpaired) electrons. The van der Waals surface area contributed by atoms with Gasteiger partial charge in [0, 0.05) is 25.2 Å². The third-order valence-corrected chi connectivity index (χ3v) is 3.86. The summed E-state index contributed by atoms with van der Waals surface area (Å²) < 4.78 is 42.2. The molecule has 2 rings (SSSR count). The molecule has 1 fully saturated rings. The summed E-state index contributed by atoms with van der Waals surface area (Å²) in [5.74, 6) is 0.0890. The lowest BCUT2D eigenvalue weighted by atomic mass is 9.93. The summed E-state index contributed by atoms with van der Waals surface area (Å²) in [7, 11) is 1.37. The Morgan fingerprint density at radius 3 is 2.29 bits per heavy atom. The number of piperidine rings is 1. The smallest absolute Gasteiger partial charge is 0.416 e. The molecule has 0 aromatic heterocycles. The quantitative estimate of drug-likeness (QED) is 0.801. The summed E-state index contributed by atoms with van der Waals surface area (Å²) in [6, 6.07) is 5.22. The van der Waals surface area contributed by atoms with E-state index in [1.54, 1.807) is 0 Å². The van der Waals surface area contributed by atoms with Crippen molar-refractivity contribution in [2.24, 2.45) is 5.92 Å². The van der Waals surface area contributed by atoms with E-state index in [1.807, 2.05) is 4.90 Å². The van der Waals surface area contributed by atoms with E-state index in [0.717, 1.165) is 43.8 Å². The average Bonchev–Trinajstić information content (AvgIpc) is 2.47. The fraction of sp³-hybridized carbons (Fsp3) is 0.533. The molecule has 1 saturated heterocycles. The van der Waals surface area contributed by atoms with Crippen LogP contribution in [0.3, 0.4) is 0 Å². The molecule has 3 nitrogen and oxygen atoms in total. The second kappa shape index (κ2) is 6.37. The van der Waals surface area contributed by atoms with Crippen LogP contribution in [0.2, 0.25) is 0 Å². The first-order chi connectivity index (χ1) is 9.90. The van der Waals surface area contributed by atoms with Crippen molar-refractivity contribution in [2.45, 2.75) is 25.4 Å². The van der Waals surface area contributed by atoms with Gasteiger partial charge in [0.05, 0.1) is 12.7 Å². The number of rotatable bonds is 3. The minimum Gasteiger partial charge on any atom is -0.469 e. The number of alkyl halides is 3. The Bertz CT molecular complexity index is 477. The molecular formula is C15H18F3NO2. The Balaban J connectivity index is 1.92. The number of nitrogens with zero attached hydrogens (tertiary/aromatic N) is 1. The number of carbonyl (C=O) groups excluding carboxylic acids is 1. The first kappa shape index (κ1) is 15.7. The van der Waals surface area contributed by atoms with Gasteiger partial charge in [-0.2, -0.15) is 13.2 Å². The number of halogens is 3. The Kier molecular flexibility index (Phi) is 4.75. The molecule has 1 aromatic rings. The first-order valence-electron chi connectivity index (χ1n) is 6.89. The molecule has 1 aliphatic heterocycles. The molecule has 0 spiro atoms. The minimum absolute atomic E-state index is 0.206. The fourth-order valence-corrected chi connectivity index (χ4v) is 2.58. The van der Waals surface area contributed by atoms with Crippen LogP contribution in [0.15, 0.2) is 24.3 Å². The van der Waals surface area contributed by atoms with Crippen molar-refractivity contribution in [3.63, 3.8) is 0 Å². The van der Waals surface area contributed by atoms with Crippen LogP contribution in [-0.2, 0) is 15.7 Å². The Morgan fingerprint density at radius 1 is 1.24 bits per heavy atom. The van der Waals surface area contributed by atoms with Crippen LogP contribution in [0.5, 0.6) is 0 Å². The number of methoxy groups -OCH3 is 1. The molecule has 0 aliphatic carbocycles. The number of hydrogen-bond acceptors (Lipinski definition) is 3. The number of hydrogen-bond donors (Lipinski definition) is 0. The molecular weight excluding hydrogens is 283 g/mol. The molecule has 116 valence electrons. The summed E-state index contributed by atoms with van der Waals surface area (Å²) in [4.78, 5) is 13.3. The van der Waals surface area contributed by atoms with Gasteiger partial charge < -0.3 is 9.64 Å². The highest BCUT2D eigenvalue weighted by Crippen LogP contribution is 2.31. The summed E-state index contributed by atoms with van der Waals surface area (Å²) >= 11 is 0. The van der Waals surface area contributed by atoms with Crippen LogP contribution in [0.4, 0.5) is 18.9 Å². The van der Waals surface area contributed by atoms with Gasteiger partial charge in [0.15, 0.2) is 0 Å². The molecule has 21 heavy (non-hydrogen) atoms. The van der Waals surface area contributed by atoms with E-state index in [2.05, 4.69) is 4.74 Å². The summed E-state index contributed by atoms with van der Waals surface area (Å²) in [6.45, 7) is 1.49. The van der Waals surface area contributed by atoms with Crippen molar-refractivity contribution >= 4 is 11.7 Å². The van der Waals surface area contributed by atoms with Crippen LogP contribution in [-0.4, -0.2) is 26.2 Å². The molecule has 0 unspecified atom stereocenters. The molecule has 6 heteroatoms. The van der Waals surface area contributed by atoms with Crippen molar-refractivity contribution in [3.8, 4) is 0 Å². The standard InChI is InChI=1S/C15H18F3NO2/c1-21-14(20)10-11-6-8-19(9-7-11)13-4-2-12(3-5-13)15(16,17)18/h2-5,11H,6-10H2,1H3. The maximum Gasteiger partial charge on any atom is 0.416 e. The van der Waals surface area contributed by atoms with E-state index in [9.17, 15) is 18.0 Å². The van der Waals surface area contributed by atoms with Crippen LogP contribution < -0.4 is 4.90 Å². The number of esters is 1. The lowest BCUT2D eigenvalue weighted by Crippen LogP contribution is -2.34. The SMILES string of the molecule is COC(=O)CC1CCN(c2ccc(C(F)(F)F)cc2)CC1. The number of benzene rings is 1. The van der Waals surface area contributed by atoms with Gasteiger partial charge in [-0.1, -0.05) is 0 Å². The zero-order chi connectivity index (χ0) is 15.5. The molecule has 0 bridgehead atoms. The van der Waals surface area contributed by atoms with Gasteiger partial charge in [-0.3, -0.25) is 4.79 Å². The van der Waals surface area contributed by atoms with E-state index in [1.165, 1.54) is 19.2 Å². The normalized spacial score (nSPS) is 16.9. The second-order valence-corrected chi connectivity index (χ2v) is 5.26. The third-order valence-electron chi connectivity index (χ3n) is 3.86. The van der Waals surface area contributed by atoms with E-state index >= 15 is 0 Å². The number of carbonyl (C=O) groups is 1. The molecule has 1 heterocycles. The maximum absolute atomic E-state index is 12.5. The number of anilines is 1. The van der Waals surface area contributed by atoms with Crippen LogP contribution >= 0.6 is 0 Å². The highest BCUT2D eigenvalue weighted by Gasteiger charge is 2.30. The predicted octanol–water partition coefficient (Wildman–Crippen LogP) is 3.48. The van der Waals surface area contributed by atoms with E-state index in [0.29, 0.717) is 12.3 Å².